The second-order valence-electron chi connectivity index (χ2n) is 5.73. The van der Waals surface area contributed by atoms with Crippen molar-refractivity contribution in [3.8, 4) is 0 Å². The zero-order chi connectivity index (χ0) is 17.2. The molecule has 0 amide bonds. The monoisotopic (exact) mass is 347 g/mol. The van der Waals surface area contributed by atoms with Crippen LogP contribution in [0.2, 0.25) is 0 Å². The lowest BCUT2D eigenvalue weighted by molar-refractivity contribution is -0.384. The summed E-state index contributed by atoms with van der Waals surface area (Å²) in [4.78, 5) is 14.1. The summed E-state index contributed by atoms with van der Waals surface area (Å²) in [7, 11) is -3.50. The van der Waals surface area contributed by atoms with Crippen molar-refractivity contribution in [1.29, 1.82) is 0 Å². The molecule has 0 aliphatic carbocycles. The van der Waals surface area contributed by atoms with Gasteiger partial charge < -0.3 is 0 Å². The van der Waals surface area contributed by atoms with Crippen LogP contribution in [0.1, 0.15) is 30.0 Å². The number of nitrogens with zero attached hydrogens (tertiary/aromatic N) is 3. The first-order valence-electron chi connectivity index (χ1n) is 7.60. The van der Waals surface area contributed by atoms with Gasteiger partial charge in [-0.2, -0.15) is 4.31 Å². The van der Waals surface area contributed by atoms with E-state index >= 15 is 0 Å². The molecule has 3 rings (SSSR count). The molecule has 2 heterocycles. The van der Waals surface area contributed by atoms with Crippen molar-refractivity contribution in [2.75, 3.05) is 6.54 Å². The van der Waals surface area contributed by atoms with Gasteiger partial charge in [-0.1, -0.05) is 12.1 Å². The highest BCUT2D eigenvalue weighted by molar-refractivity contribution is 7.88. The van der Waals surface area contributed by atoms with Gasteiger partial charge >= 0.3 is 0 Å². The minimum Gasteiger partial charge on any atom is -0.265 e. The molecule has 0 spiro atoms. The highest BCUT2D eigenvalue weighted by atomic mass is 32.2. The maximum atomic E-state index is 12.8. The fourth-order valence-electron chi connectivity index (χ4n) is 3.00. The summed E-state index contributed by atoms with van der Waals surface area (Å²) < 4.78 is 27.1. The van der Waals surface area contributed by atoms with Crippen LogP contribution in [0.4, 0.5) is 5.69 Å². The quantitative estimate of drug-likeness (QED) is 0.612. The number of benzene rings is 1. The van der Waals surface area contributed by atoms with Crippen LogP contribution < -0.4 is 0 Å². The van der Waals surface area contributed by atoms with E-state index in [0.717, 1.165) is 18.4 Å². The van der Waals surface area contributed by atoms with Crippen molar-refractivity contribution >= 4 is 15.7 Å². The summed E-state index contributed by atoms with van der Waals surface area (Å²) in [6.45, 7) is 0.488. The Hall–Kier alpha value is -2.32. The minimum absolute atomic E-state index is 0.0491. The Bertz CT molecular complexity index is 822. The first-order valence-corrected chi connectivity index (χ1v) is 9.21. The van der Waals surface area contributed by atoms with E-state index in [1.54, 1.807) is 12.4 Å². The standard InChI is InChI=1S/C16H17N3O4S/c20-19(21)15-5-3-13(4-6-15)12-24(22,23)18-11-1-2-16(18)14-7-9-17-10-8-14/h3-10,16H,1-2,11-12H2. The van der Waals surface area contributed by atoms with Gasteiger partial charge in [-0.25, -0.2) is 8.42 Å². The molecule has 1 atom stereocenters. The molecule has 8 heteroatoms. The van der Waals surface area contributed by atoms with Gasteiger partial charge in [0, 0.05) is 37.1 Å². The zero-order valence-corrected chi connectivity index (χ0v) is 13.7. The highest BCUT2D eigenvalue weighted by Crippen LogP contribution is 2.35. The SMILES string of the molecule is O=[N+]([O-])c1ccc(CS(=O)(=O)N2CCCC2c2ccncc2)cc1. The average molecular weight is 347 g/mol. The van der Waals surface area contributed by atoms with Gasteiger partial charge in [0.1, 0.15) is 0 Å². The van der Waals surface area contributed by atoms with E-state index in [-0.39, 0.29) is 17.5 Å². The number of non-ortho nitro benzene ring substituents is 1. The molecule has 0 saturated carbocycles. The number of hydrogen-bond acceptors (Lipinski definition) is 5. The highest BCUT2D eigenvalue weighted by Gasteiger charge is 2.35. The molecule has 1 unspecified atom stereocenters. The lowest BCUT2D eigenvalue weighted by Gasteiger charge is -2.24. The van der Waals surface area contributed by atoms with Crippen molar-refractivity contribution < 1.29 is 13.3 Å². The molecular weight excluding hydrogens is 330 g/mol. The first-order chi connectivity index (χ1) is 11.5. The van der Waals surface area contributed by atoms with Crippen LogP contribution in [0, 0.1) is 10.1 Å². The maximum absolute atomic E-state index is 12.8. The van der Waals surface area contributed by atoms with Gasteiger partial charge in [-0.3, -0.25) is 15.1 Å². The fourth-order valence-corrected chi connectivity index (χ4v) is 4.80. The van der Waals surface area contributed by atoms with Gasteiger partial charge in [0.25, 0.3) is 5.69 Å². The third-order valence-corrected chi connectivity index (χ3v) is 6.00. The van der Waals surface area contributed by atoms with Crippen molar-refractivity contribution in [3.05, 3.63) is 70.0 Å². The number of nitro groups is 1. The number of sulfonamides is 1. The second-order valence-corrected chi connectivity index (χ2v) is 7.65. The Labute approximate surface area is 140 Å². The largest absolute Gasteiger partial charge is 0.269 e. The average Bonchev–Trinajstić information content (AvgIpc) is 3.06. The van der Waals surface area contributed by atoms with Crippen LogP contribution in [0.5, 0.6) is 0 Å². The van der Waals surface area contributed by atoms with Crippen molar-refractivity contribution in [3.63, 3.8) is 0 Å². The molecule has 0 N–H and O–H groups in total. The van der Waals surface area contributed by atoms with E-state index in [1.807, 2.05) is 12.1 Å². The summed E-state index contributed by atoms with van der Waals surface area (Å²) in [5, 5.41) is 10.7. The number of aromatic nitrogens is 1. The van der Waals surface area contributed by atoms with Crippen LogP contribution in [0.15, 0.2) is 48.8 Å². The molecular formula is C16H17N3O4S. The summed E-state index contributed by atoms with van der Waals surface area (Å²) in [5.41, 5.74) is 1.43. The van der Waals surface area contributed by atoms with E-state index < -0.39 is 14.9 Å². The molecule has 1 aromatic heterocycles. The molecule has 1 saturated heterocycles. The summed E-state index contributed by atoms with van der Waals surface area (Å²) >= 11 is 0. The summed E-state index contributed by atoms with van der Waals surface area (Å²) in [5.74, 6) is -0.160. The number of nitro benzene ring substituents is 1. The number of pyridine rings is 1. The molecule has 24 heavy (non-hydrogen) atoms. The third kappa shape index (κ3) is 3.44. The molecule has 0 bridgehead atoms. The molecule has 0 radical (unpaired) electrons. The van der Waals surface area contributed by atoms with E-state index in [0.29, 0.717) is 12.1 Å². The Kier molecular flexibility index (Phi) is 4.59. The van der Waals surface area contributed by atoms with Crippen molar-refractivity contribution in [1.82, 2.24) is 9.29 Å². The number of rotatable bonds is 5. The Morgan fingerprint density at radius 2 is 1.83 bits per heavy atom. The van der Waals surface area contributed by atoms with Crippen molar-refractivity contribution in [2.24, 2.45) is 0 Å². The second kappa shape index (κ2) is 6.66. The molecule has 1 fully saturated rings. The predicted molar refractivity (Wildman–Crippen MR) is 88.6 cm³/mol. The van der Waals surface area contributed by atoms with Crippen LogP contribution in [0.3, 0.4) is 0 Å². The Morgan fingerprint density at radius 3 is 2.46 bits per heavy atom. The molecule has 1 aliphatic rings. The van der Waals surface area contributed by atoms with Crippen LogP contribution >= 0.6 is 0 Å². The summed E-state index contributed by atoms with van der Waals surface area (Å²) in [6, 6.07) is 9.15. The van der Waals surface area contributed by atoms with Gasteiger partial charge in [0.05, 0.1) is 10.7 Å². The molecule has 2 aromatic rings. The van der Waals surface area contributed by atoms with Crippen molar-refractivity contribution in [2.45, 2.75) is 24.6 Å². The summed E-state index contributed by atoms with van der Waals surface area (Å²) in [6.07, 6.45) is 4.92. The van der Waals surface area contributed by atoms with Gasteiger partial charge in [-0.05, 0) is 36.1 Å². The normalized spacial score (nSPS) is 18.6. The predicted octanol–water partition coefficient (Wildman–Crippen LogP) is 2.66. The zero-order valence-electron chi connectivity index (χ0n) is 12.9. The van der Waals surface area contributed by atoms with E-state index in [2.05, 4.69) is 4.98 Å². The van der Waals surface area contributed by atoms with Crippen LogP contribution in [-0.4, -0.2) is 29.2 Å². The Balaban J connectivity index is 1.80. The minimum atomic E-state index is -3.50. The van der Waals surface area contributed by atoms with Gasteiger partial charge in [0.2, 0.25) is 10.0 Å². The lowest BCUT2D eigenvalue weighted by atomic mass is 10.1. The lowest BCUT2D eigenvalue weighted by Crippen LogP contribution is -2.31. The maximum Gasteiger partial charge on any atom is 0.269 e. The molecule has 1 aromatic carbocycles. The number of hydrogen-bond donors (Lipinski definition) is 0. The molecule has 7 nitrogen and oxygen atoms in total. The van der Waals surface area contributed by atoms with Crippen LogP contribution in [0.25, 0.3) is 0 Å². The smallest absolute Gasteiger partial charge is 0.265 e. The van der Waals surface area contributed by atoms with Gasteiger partial charge in [-0.15, -0.1) is 0 Å². The molecule has 1 aliphatic heterocycles. The fraction of sp³-hybridized carbons (Fsp3) is 0.312. The Morgan fingerprint density at radius 1 is 1.17 bits per heavy atom. The van der Waals surface area contributed by atoms with E-state index in [1.165, 1.54) is 28.6 Å². The topological polar surface area (TPSA) is 93.4 Å². The molecule has 126 valence electrons. The van der Waals surface area contributed by atoms with Gasteiger partial charge in [0.15, 0.2) is 0 Å². The van der Waals surface area contributed by atoms with E-state index in [9.17, 15) is 18.5 Å². The van der Waals surface area contributed by atoms with E-state index in [4.69, 9.17) is 0 Å². The first kappa shape index (κ1) is 16.5. The van der Waals surface area contributed by atoms with Crippen LogP contribution in [-0.2, 0) is 15.8 Å². The third-order valence-electron chi connectivity index (χ3n) is 4.15.